The van der Waals surface area contributed by atoms with E-state index in [2.05, 4.69) is 48.2 Å². The van der Waals surface area contributed by atoms with Crippen LogP contribution in [0.2, 0.25) is 0 Å². The van der Waals surface area contributed by atoms with Gasteiger partial charge in [-0.1, -0.05) is 24.3 Å². The molecule has 2 fully saturated rings. The Hall–Kier alpha value is -4.02. The van der Waals surface area contributed by atoms with E-state index in [0.29, 0.717) is 24.9 Å². The van der Waals surface area contributed by atoms with Crippen LogP contribution in [0.1, 0.15) is 60.8 Å². The van der Waals surface area contributed by atoms with E-state index in [4.69, 9.17) is 28.4 Å². The molecule has 10 atom stereocenters. The van der Waals surface area contributed by atoms with Crippen LogP contribution in [0.4, 0.5) is 0 Å². The molecule has 10 heteroatoms. The number of carbonyl (C=O) groups is 2. The molecule has 2 spiro atoms. The van der Waals surface area contributed by atoms with Crippen molar-refractivity contribution in [2.45, 2.75) is 98.7 Å². The molecule has 274 valence electrons. The predicted molar refractivity (Wildman–Crippen MR) is 191 cm³/mol. The van der Waals surface area contributed by atoms with Gasteiger partial charge in [0, 0.05) is 58.7 Å². The van der Waals surface area contributed by atoms with Crippen LogP contribution >= 0.6 is 0 Å². The van der Waals surface area contributed by atoms with E-state index in [1.54, 1.807) is 14.2 Å². The lowest BCUT2D eigenvalue weighted by Gasteiger charge is -2.56. The highest BCUT2D eigenvalue weighted by Gasteiger charge is 2.66. The molecule has 2 saturated heterocycles. The van der Waals surface area contributed by atoms with Gasteiger partial charge >= 0.3 is 11.9 Å². The molecule has 10 rings (SSSR count). The zero-order valence-corrected chi connectivity index (χ0v) is 30.5. The molecular weight excluding hydrogens is 660 g/mol. The average Bonchev–Trinajstić information content (AvgIpc) is 3.68. The van der Waals surface area contributed by atoms with Gasteiger partial charge in [0.15, 0.2) is 35.2 Å². The highest BCUT2D eigenvalue weighted by molar-refractivity contribution is 5.72. The molecular formula is C42H48N2O8. The third-order valence-corrected chi connectivity index (χ3v) is 14.2. The molecule has 1 unspecified atom stereocenters. The molecule has 10 nitrogen and oxygen atoms in total. The lowest BCUT2D eigenvalue weighted by molar-refractivity contribution is -0.157. The van der Waals surface area contributed by atoms with Crippen LogP contribution in [-0.4, -0.2) is 99.6 Å². The monoisotopic (exact) mass is 708 g/mol. The van der Waals surface area contributed by atoms with Gasteiger partial charge in [0.1, 0.15) is 12.2 Å². The van der Waals surface area contributed by atoms with E-state index in [9.17, 15) is 9.59 Å². The summed E-state index contributed by atoms with van der Waals surface area (Å²) in [6.45, 7) is 1.93. The third kappa shape index (κ3) is 4.31. The first-order valence-corrected chi connectivity index (χ1v) is 19.2. The first kappa shape index (κ1) is 32.6. The molecule has 0 aromatic heterocycles. The smallest absolute Gasteiger partial charge is 0.306 e. The fraction of sp³-hybridized carbons (Fsp3) is 0.571. The lowest BCUT2D eigenvalue weighted by atomic mass is 9.53. The molecule has 0 amide bonds. The number of carbonyl (C=O) groups excluding carboxylic acids is 2. The molecule has 4 aliphatic carbocycles. The Morgan fingerprint density at radius 2 is 1.13 bits per heavy atom. The zero-order chi connectivity index (χ0) is 35.5. The minimum atomic E-state index is -0.490. The topological polar surface area (TPSA) is 96.0 Å². The third-order valence-electron chi connectivity index (χ3n) is 14.2. The van der Waals surface area contributed by atoms with Crippen LogP contribution in [-0.2, 0) is 42.7 Å². The maximum absolute atomic E-state index is 13.3. The van der Waals surface area contributed by atoms with Gasteiger partial charge < -0.3 is 38.2 Å². The summed E-state index contributed by atoms with van der Waals surface area (Å²) in [6, 6.07) is 9.14. The van der Waals surface area contributed by atoms with Crippen LogP contribution in [0.3, 0.4) is 0 Å². The number of methoxy groups -OCH3 is 2. The molecule has 4 heterocycles. The summed E-state index contributed by atoms with van der Waals surface area (Å²) in [5, 5.41) is 0. The maximum Gasteiger partial charge on any atom is 0.306 e. The second kappa shape index (κ2) is 11.7. The number of esters is 2. The van der Waals surface area contributed by atoms with Crippen LogP contribution in [0.15, 0.2) is 48.6 Å². The minimum absolute atomic E-state index is 0.223. The number of likely N-dealkylation sites (tertiary alicyclic amines) is 2. The Bertz CT molecular complexity index is 1770. The van der Waals surface area contributed by atoms with Gasteiger partial charge in [-0.25, -0.2) is 0 Å². The molecule has 0 N–H and O–H groups in total. The number of rotatable bonds is 9. The lowest BCUT2D eigenvalue weighted by Crippen LogP contribution is -2.65. The maximum atomic E-state index is 13.3. The van der Waals surface area contributed by atoms with E-state index in [0.717, 1.165) is 61.8 Å². The Morgan fingerprint density at radius 1 is 0.692 bits per heavy atom. The van der Waals surface area contributed by atoms with Gasteiger partial charge in [0.2, 0.25) is 0 Å². The Labute approximate surface area is 305 Å². The number of piperidine rings is 2. The van der Waals surface area contributed by atoms with Crippen LogP contribution in [0.25, 0.3) is 0 Å². The van der Waals surface area contributed by atoms with Crippen molar-refractivity contribution in [3.8, 4) is 23.0 Å². The normalized spacial score (nSPS) is 36.6. The Balaban J connectivity index is 0.786. The van der Waals surface area contributed by atoms with Crippen LogP contribution in [0.5, 0.6) is 23.0 Å². The van der Waals surface area contributed by atoms with Crippen molar-refractivity contribution in [1.29, 1.82) is 0 Å². The van der Waals surface area contributed by atoms with Gasteiger partial charge in [-0.05, 0) is 101 Å². The number of hydrogen-bond donors (Lipinski definition) is 0. The fourth-order valence-electron chi connectivity index (χ4n) is 11.9. The first-order chi connectivity index (χ1) is 25.3. The summed E-state index contributed by atoms with van der Waals surface area (Å²) < 4.78 is 37.3. The molecule has 8 aliphatic rings. The van der Waals surface area contributed by atoms with Crippen molar-refractivity contribution in [3.05, 3.63) is 70.8 Å². The van der Waals surface area contributed by atoms with Crippen molar-refractivity contribution < 1.29 is 38.0 Å². The summed E-state index contributed by atoms with van der Waals surface area (Å²) in [5.74, 6) is 3.12. The molecule has 0 saturated carbocycles. The predicted octanol–water partition coefficient (Wildman–Crippen LogP) is 4.68. The SMILES string of the molecule is COc1ccc2c3c1O[C@H]1[C@@H](OC(=O)CCCCC(=O)O[C@H]4C=C[C@H]5[C@H]6Cc7ccc(OC)c8c7[C@@]5(CCN6C)[C@H]4O8)C=C[C@H]4[C@@H](C2)N(C)CCC341. The van der Waals surface area contributed by atoms with Crippen LogP contribution < -0.4 is 18.9 Å². The second-order valence-corrected chi connectivity index (χ2v) is 16.4. The average molecular weight is 709 g/mol. The number of hydrogen-bond acceptors (Lipinski definition) is 10. The summed E-state index contributed by atoms with van der Waals surface area (Å²) in [6.07, 6.45) is 12.4. The molecule has 52 heavy (non-hydrogen) atoms. The standard InChI is InChI=1S/C42H48N2O8/c1-43-19-17-41-25-11-15-31(39(41)51-37-29(47-3)13-9-23(35(37)41)21-27(25)43)49-33(45)7-5-6-8-34(46)50-32-16-12-26-28-22-24-10-14-30(48-4)38-36(24)42(26,40(32)52-38)18-20-44(28)2/h9-16,25-28,31-32,39-40H,5-8,17-22H2,1-4H3/t25-,26-,27+,28+,31-,32-,39-,40-,41-,42?/m0/s1. The van der Waals surface area contributed by atoms with Crippen molar-refractivity contribution in [3.63, 3.8) is 0 Å². The molecule has 4 bridgehead atoms. The van der Waals surface area contributed by atoms with Crippen molar-refractivity contribution in [2.75, 3.05) is 41.4 Å². The number of nitrogens with zero attached hydrogens (tertiary/aromatic N) is 2. The number of unbranched alkanes of at least 4 members (excludes halogenated alkanes) is 1. The van der Waals surface area contributed by atoms with Crippen molar-refractivity contribution >= 4 is 11.9 Å². The molecule has 2 aromatic carbocycles. The summed E-state index contributed by atoms with van der Waals surface area (Å²) in [5.41, 5.74) is 4.64. The highest BCUT2D eigenvalue weighted by Crippen LogP contribution is 2.64. The van der Waals surface area contributed by atoms with Gasteiger partial charge in [0.25, 0.3) is 0 Å². The van der Waals surface area contributed by atoms with E-state index >= 15 is 0 Å². The van der Waals surface area contributed by atoms with E-state index in [1.807, 2.05) is 24.3 Å². The van der Waals surface area contributed by atoms with Crippen molar-refractivity contribution in [1.82, 2.24) is 9.80 Å². The fourth-order valence-corrected chi connectivity index (χ4v) is 11.9. The first-order valence-electron chi connectivity index (χ1n) is 19.2. The Kier molecular flexibility index (Phi) is 7.36. The van der Waals surface area contributed by atoms with Crippen molar-refractivity contribution in [2.24, 2.45) is 11.8 Å². The molecule has 4 aliphatic heterocycles. The summed E-state index contributed by atoms with van der Waals surface area (Å²) in [4.78, 5) is 31.6. The van der Waals surface area contributed by atoms with E-state index in [1.165, 1.54) is 22.3 Å². The van der Waals surface area contributed by atoms with Gasteiger partial charge in [-0.15, -0.1) is 0 Å². The second-order valence-electron chi connectivity index (χ2n) is 16.4. The molecule has 2 aromatic rings. The summed E-state index contributed by atoms with van der Waals surface area (Å²) >= 11 is 0. The minimum Gasteiger partial charge on any atom is -0.493 e. The number of ether oxygens (including phenoxy) is 6. The quantitative estimate of drug-likeness (QED) is 0.208. The number of benzene rings is 2. The summed E-state index contributed by atoms with van der Waals surface area (Å²) in [7, 11) is 7.78. The van der Waals surface area contributed by atoms with E-state index < -0.39 is 12.2 Å². The van der Waals surface area contributed by atoms with Gasteiger partial charge in [0.05, 0.1) is 14.2 Å². The van der Waals surface area contributed by atoms with Crippen LogP contribution in [0, 0.1) is 11.8 Å². The Morgan fingerprint density at radius 3 is 1.56 bits per heavy atom. The van der Waals surface area contributed by atoms with Gasteiger partial charge in [-0.2, -0.15) is 0 Å². The van der Waals surface area contributed by atoms with Gasteiger partial charge in [-0.3, -0.25) is 9.59 Å². The zero-order valence-electron chi connectivity index (χ0n) is 30.5. The largest absolute Gasteiger partial charge is 0.493 e. The van der Waals surface area contributed by atoms with E-state index in [-0.39, 0.29) is 59.7 Å². The highest BCUT2D eigenvalue weighted by atomic mass is 16.6. The number of likely N-dealkylation sites (N-methyl/N-ethyl adjacent to an activating group) is 2. The molecule has 0 radical (unpaired) electrons.